The highest BCUT2D eigenvalue weighted by molar-refractivity contribution is 5.82. The number of carbonyl (C=O) groups is 1. The number of hydrogen-bond acceptors (Lipinski definition) is 3. The van der Waals surface area contributed by atoms with Crippen LogP contribution in [0.2, 0.25) is 0 Å². The third-order valence-electron chi connectivity index (χ3n) is 3.14. The number of halogens is 2. The molecule has 0 saturated carbocycles. The zero-order valence-corrected chi connectivity index (χ0v) is 11.5. The molecular formula is C14H16F2N4O. The molecule has 2 rings (SSSR count). The molecule has 21 heavy (non-hydrogen) atoms. The van der Waals surface area contributed by atoms with Crippen molar-refractivity contribution < 1.29 is 13.6 Å². The number of hydrogen-bond donors (Lipinski definition) is 1. The number of nitrogens with zero attached hydrogens (tertiary/aromatic N) is 3. The van der Waals surface area contributed by atoms with Gasteiger partial charge in [0.2, 0.25) is 5.91 Å². The molecule has 0 aliphatic heterocycles. The fourth-order valence-electron chi connectivity index (χ4n) is 1.97. The van der Waals surface area contributed by atoms with Gasteiger partial charge in [-0.3, -0.25) is 9.36 Å². The summed E-state index contributed by atoms with van der Waals surface area (Å²) in [6.07, 6.45) is 2.45. The number of imidazole rings is 1. The van der Waals surface area contributed by atoms with E-state index in [9.17, 15) is 13.6 Å². The second-order valence-corrected chi connectivity index (χ2v) is 4.61. The summed E-state index contributed by atoms with van der Waals surface area (Å²) in [5, 5.41) is 0. The second-order valence-electron chi connectivity index (χ2n) is 4.61. The Morgan fingerprint density at radius 2 is 2.05 bits per heavy atom. The normalized spacial score (nSPS) is 12.4. The van der Waals surface area contributed by atoms with Gasteiger partial charge in [0.15, 0.2) is 0 Å². The molecule has 2 aromatic rings. The number of nitrogens with two attached hydrogens (primary N) is 1. The summed E-state index contributed by atoms with van der Waals surface area (Å²) in [5.41, 5.74) is 6.57. The van der Waals surface area contributed by atoms with Crippen LogP contribution in [0.1, 0.15) is 24.0 Å². The first-order chi connectivity index (χ1) is 10.0. The van der Waals surface area contributed by atoms with E-state index in [4.69, 9.17) is 5.73 Å². The number of amides is 1. The number of carbonyl (C=O) groups excluding carboxylic acids is 1. The summed E-state index contributed by atoms with van der Waals surface area (Å²) in [5.74, 6) is -0.244. The second kappa shape index (κ2) is 6.45. The Balaban J connectivity index is 2.08. The zero-order valence-electron chi connectivity index (χ0n) is 11.5. The zero-order chi connectivity index (χ0) is 15.4. The molecule has 1 amide bonds. The first-order valence-corrected chi connectivity index (χ1v) is 6.36. The Morgan fingerprint density at radius 1 is 1.38 bits per heavy atom. The Labute approximate surface area is 121 Å². The Hall–Kier alpha value is -2.28. The van der Waals surface area contributed by atoms with Crippen LogP contribution in [-0.4, -0.2) is 27.4 Å². The summed E-state index contributed by atoms with van der Waals surface area (Å²) in [6, 6.07) is 8.06. The Morgan fingerprint density at radius 3 is 2.67 bits per heavy atom. The third-order valence-corrected chi connectivity index (χ3v) is 3.14. The van der Waals surface area contributed by atoms with Crippen molar-refractivity contribution in [1.82, 2.24) is 14.5 Å². The quantitative estimate of drug-likeness (QED) is 0.916. The maximum atomic E-state index is 12.7. The maximum Gasteiger partial charge on any atom is 0.319 e. The van der Waals surface area contributed by atoms with E-state index in [-0.39, 0.29) is 18.3 Å². The molecule has 1 unspecified atom stereocenters. The monoisotopic (exact) mass is 294 g/mol. The summed E-state index contributed by atoms with van der Waals surface area (Å²) >= 11 is 0. The van der Waals surface area contributed by atoms with Crippen molar-refractivity contribution >= 4 is 5.91 Å². The lowest BCUT2D eigenvalue weighted by Crippen LogP contribution is -2.36. The van der Waals surface area contributed by atoms with Crippen molar-refractivity contribution in [2.75, 3.05) is 7.05 Å². The van der Waals surface area contributed by atoms with Gasteiger partial charge in [0, 0.05) is 19.4 Å². The lowest BCUT2D eigenvalue weighted by molar-refractivity contribution is -0.132. The van der Waals surface area contributed by atoms with E-state index >= 15 is 0 Å². The van der Waals surface area contributed by atoms with E-state index in [2.05, 4.69) is 4.98 Å². The molecule has 1 aromatic carbocycles. The molecule has 0 fully saturated rings. The SMILES string of the molecule is CN(Cc1nccn1C(F)F)C(=O)C(N)c1ccccc1. The Kier molecular flexibility index (Phi) is 4.64. The molecule has 1 aromatic heterocycles. The van der Waals surface area contributed by atoms with Crippen LogP contribution >= 0.6 is 0 Å². The topological polar surface area (TPSA) is 64.2 Å². The van der Waals surface area contributed by atoms with Gasteiger partial charge in [0.05, 0.1) is 6.54 Å². The van der Waals surface area contributed by atoms with Gasteiger partial charge >= 0.3 is 6.55 Å². The third kappa shape index (κ3) is 3.43. The van der Waals surface area contributed by atoms with Gasteiger partial charge in [-0.15, -0.1) is 0 Å². The van der Waals surface area contributed by atoms with Crippen LogP contribution in [0.25, 0.3) is 0 Å². The number of benzene rings is 1. The summed E-state index contributed by atoms with van der Waals surface area (Å²) in [6.45, 7) is -2.72. The van der Waals surface area contributed by atoms with Gasteiger partial charge in [-0.1, -0.05) is 30.3 Å². The summed E-state index contributed by atoms with van der Waals surface area (Å²) in [4.78, 5) is 17.4. The van der Waals surface area contributed by atoms with Crippen LogP contribution in [-0.2, 0) is 11.3 Å². The molecule has 2 N–H and O–H groups in total. The minimum Gasteiger partial charge on any atom is -0.337 e. The van der Waals surface area contributed by atoms with Gasteiger partial charge in [0.1, 0.15) is 11.9 Å². The van der Waals surface area contributed by atoms with Gasteiger partial charge in [-0.05, 0) is 5.56 Å². The molecule has 7 heteroatoms. The van der Waals surface area contributed by atoms with Crippen LogP contribution < -0.4 is 5.73 Å². The van der Waals surface area contributed by atoms with Crippen LogP contribution in [0.4, 0.5) is 8.78 Å². The summed E-state index contributed by atoms with van der Waals surface area (Å²) in [7, 11) is 1.51. The standard InChI is InChI=1S/C14H16F2N4O/c1-19(9-11-18-7-8-20(11)14(15)16)13(21)12(17)10-5-3-2-4-6-10/h2-8,12,14H,9,17H2,1H3. The molecule has 0 spiro atoms. The van der Waals surface area contributed by atoms with Crippen molar-refractivity contribution in [2.45, 2.75) is 19.1 Å². The molecular weight excluding hydrogens is 278 g/mol. The number of rotatable bonds is 5. The van der Waals surface area contributed by atoms with Gasteiger partial charge < -0.3 is 10.6 Å². The van der Waals surface area contributed by atoms with E-state index in [0.717, 1.165) is 4.57 Å². The van der Waals surface area contributed by atoms with Crippen molar-refractivity contribution in [3.63, 3.8) is 0 Å². The fraction of sp³-hybridized carbons (Fsp3) is 0.286. The number of alkyl halides is 2. The highest BCUT2D eigenvalue weighted by Crippen LogP contribution is 2.16. The average molecular weight is 294 g/mol. The van der Waals surface area contributed by atoms with E-state index in [1.165, 1.54) is 24.3 Å². The molecule has 112 valence electrons. The van der Waals surface area contributed by atoms with Crippen molar-refractivity contribution in [2.24, 2.45) is 5.73 Å². The van der Waals surface area contributed by atoms with Gasteiger partial charge in [0.25, 0.3) is 0 Å². The van der Waals surface area contributed by atoms with Gasteiger partial charge in [-0.25, -0.2) is 4.98 Å². The largest absolute Gasteiger partial charge is 0.337 e. The number of likely N-dealkylation sites (N-methyl/N-ethyl adjacent to an activating group) is 1. The number of aromatic nitrogens is 2. The van der Waals surface area contributed by atoms with Gasteiger partial charge in [-0.2, -0.15) is 8.78 Å². The van der Waals surface area contributed by atoms with Crippen molar-refractivity contribution in [3.05, 3.63) is 54.1 Å². The first kappa shape index (κ1) is 15.1. The van der Waals surface area contributed by atoms with Crippen LogP contribution in [0.15, 0.2) is 42.7 Å². The predicted octanol–water partition coefficient (Wildman–Crippen LogP) is 1.94. The average Bonchev–Trinajstić information content (AvgIpc) is 2.95. The highest BCUT2D eigenvalue weighted by atomic mass is 19.3. The van der Waals surface area contributed by atoms with E-state index < -0.39 is 12.6 Å². The molecule has 0 radical (unpaired) electrons. The minimum atomic E-state index is -2.69. The molecule has 0 saturated heterocycles. The van der Waals surface area contributed by atoms with Crippen molar-refractivity contribution in [3.8, 4) is 0 Å². The fourth-order valence-corrected chi connectivity index (χ4v) is 1.97. The maximum absolute atomic E-state index is 12.7. The lowest BCUT2D eigenvalue weighted by Gasteiger charge is -2.21. The minimum absolute atomic E-state index is 0.0310. The molecule has 0 bridgehead atoms. The van der Waals surface area contributed by atoms with E-state index in [1.54, 1.807) is 24.3 Å². The highest BCUT2D eigenvalue weighted by Gasteiger charge is 2.22. The Bertz CT molecular complexity index is 600. The molecule has 1 heterocycles. The molecule has 0 aliphatic rings. The predicted molar refractivity (Wildman–Crippen MR) is 73.3 cm³/mol. The van der Waals surface area contributed by atoms with E-state index in [0.29, 0.717) is 5.56 Å². The summed E-state index contributed by atoms with van der Waals surface area (Å²) < 4.78 is 26.2. The molecule has 1 atom stereocenters. The van der Waals surface area contributed by atoms with Crippen LogP contribution in [0, 0.1) is 0 Å². The molecule has 0 aliphatic carbocycles. The molecule has 5 nitrogen and oxygen atoms in total. The van der Waals surface area contributed by atoms with Crippen LogP contribution in [0.5, 0.6) is 0 Å². The first-order valence-electron chi connectivity index (χ1n) is 6.36. The van der Waals surface area contributed by atoms with Crippen molar-refractivity contribution in [1.29, 1.82) is 0 Å². The van der Waals surface area contributed by atoms with Crippen LogP contribution in [0.3, 0.4) is 0 Å². The van der Waals surface area contributed by atoms with E-state index in [1.807, 2.05) is 6.07 Å². The smallest absolute Gasteiger partial charge is 0.319 e. The lowest BCUT2D eigenvalue weighted by atomic mass is 10.1.